The van der Waals surface area contributed by atoms with Gasteiger partial charge < -0.3 is 5.73 Å². The van der Waals surface area contributed by atoms with E-state index >= 15 is 0 Å². The molecule has 7 heteroatoms. The second kappa shape index (κ2) is 6.13. The number of anilines is 1. The maximum atomic E-state index is 12.3. The summed E-state index contributed by atoms with van der Waals surface area (Å²) in [6, 6.07) is 8.31. The summed E-state index contributed by atoms with van der Waals surface area (Å²) >= 11 is 7.54. The van der Waals surface area contributed by atoms with Crippen molar-refractivity contribution in [2.24, 2.45) is 0 Å². The number of hydrogen-bond donors (Lipinski definition) is 2. The Hall–Kier alpha value is -1.08. The van der Waals surface area contributed by atoms with Gasteiger partial charge in [0.2, 0.25) is 10.0 Å². The van der Waals surface area contributed by atoms with E-state index in [4.69, 9.17) is 17.3 Å². The van der Waals surface area contributed by atoms with E-state index in [0.29, 0.717) is 6.42 Å². The van der Waals surface area contributed by atoms with Gasteiger partial charge in [0.05, 0.1) is 10.7 Å². The fourth-order valence-electron chi connectivity index (χ4n) is 1.90. The first-order valence-electron chi connectivity index (χ1n) is 5.99. The minimum atomic E-state index is -3.73. The molecule has 0 saturated carbocycles. The third-order valence-corrected chi connectivity index (χ3v) is 5.74. The average molecular weight is 331 g/mol. The lowest BCUT2D eigenvalue weighted by Gasteiger charge is -2.15. The van der Waals surface area contributed by atoms with Crippen molar-refractivity contribution in [3.8, 4) is 0 Å². The molecule has 2 aromatic rings. The van der Waals surface area contributed by atoms with Crippen LogP contribution in [0.3, 0.4) is 0 Å². The topological polar surface area (TPSA) is 72.2 Å². The number of nitrogens with one attached hydrogen (secondary N) is 1. The Labute approximate surface area is 127 Å². The highest BCUT2D eigenvalue weighted by Gasteiger charge is 2.23. The van der Waals surface area contributed by atoms with Gasteiger partial charge in [-0.15, -0.1) is 11.3 Å². The van der Waals surface area contributed by atoms with Crippen LogP contribution in [0.4, 0.5) is 5.69 Å². The van der Waals surface area contributed by atoms with E-state index in [0.717, 1.165) is 4.88 Å². The Bertz CT molecular complexity index is 664. The van der Waals surface area contributed by atoms with Gasteiger partial charge in [0.25, 0.3) is 0 Å². The summed E-state index contributed by atoms with van der Waals surface area (Å²) in [5.74, 6) is 0. The van der Waals surface area contributed by atoms with Crippen molar-refractivity contribution >= 4 is 38.6 Å². The van der Waals surface area contributed by atoms with Crippen molar-refractivity contribution in [2.75, 3.05) is 5.73 Å². The Balaban J connectivity index is 2.19. The van der Waals surface area contributed by atoms with E-state index in [9.17, 15) is 8.42 Å². The SMILES string of the molecule is CC(Cc1cccs1)NS(=O)(=O)c1c(N)cccc1Cl. The summed E-state index contributed by atoms with van der Waals surface area (Å²) in [5, 5.41) is 2.09. The highest BCUT2D eigenvalue weighted by Crippen LogP contribution is 2.27. The molecule has 0 aliphatic heterocycles. The van der Waals surface area contributed by atoms with E-state index in [1.54, 1.807) is 17.4 Å². The lowest BCUT2D eigenvalue weighted by Crippen LogP contribution is -2.34. The van der Waals surface area contributed by atoms with E-state index in [-0.39, 0.29) is 21.6 Å². The van der Waals surface area contributed by atoms with Crippen LogP contribution in [0.2, 0.25) is 5.02 Å². The molecule has 1 unspecified atom stereocenters. The third kappa shape index (κ3) is 3.52. The minimum absolute atomic E-state index is 0.0558. The number of benzene rings is 1. The van der Waals surface area contributed by atoms with E-state index < -0.39 is 10.0 Å². The number of sulfonamides is 1. The largest absolute Gasteiger partial charge is 0.398 e. The van der Waals surface area contributed by atoms with Crippen LogP contribution in [-0.4, -0.2) is 14.5 Å². The number of halogens is 1. The van der Waals surface area contributed by atoms with Crippen molar-refractivity contribution in [2.45, 2.75) is 24.3 Å². The second-order valence-corrected chi connectivity index (χ2v) is 7.55. The lowest BCUT2D eigenvalue weighted by molar-refractivity contribution is 0.561. The number of thiophene rings is 1. The van der Waals surface area contributed by atoms with Crippen molar-refractivity contribution in [3.05, 3.63) is 45.6 Å². The Morgan fingerprint density at radius 1 is 1.35 bits per heavy atom. The average Bonchev–Trinajstić information content (AvgIpc) is 2.79. The summed E-state index contributed by atoms with van der Waals surface area (Å²) in [5.41, 5.74) is 5.86. The van der Waals surface area contributed by atoms with Gasteiger partial charge in [-0.25, -0.2) is 13.1 Å². The maximum Gasteiger partial charge on any atom is 0.244 e. The molecular formula is C13H15ClN2O2S2. The third-order valence-electron chi connectivity index (χ3n) is 2.71. The fraction of sp³-hybridized carbons (Fsp3) is 0.231. The fourth-order valence-corrected chi connectivity index (χ4v) is 4.66. The zero-order valence-corrected chi connectivity index (χ0v) is 13.2. The molecule has 1 aromatic heterocycles. The molecule has 20 heavy (non-hydrogen) atoms. The van der Waals surface area contributed by atoms with Crippen LogP contribution in [0.5, 0.6) is 0 Å². The number of nitrogens with two attached hydrogens (primary N) is 1. The van der Waals surface area contributed by atoms with Gasteiger partial charge in [-0.3, -0.25) is 0 Å². The summed E-state index contributed by atoms with van der Waals surface area (Å²) < 4.78 is 27.3. The first kappa shape index (κ1) is 15.3. The molecule has 4 nitrogen and oxygen atoms in total. The summed E-state index contributed by atoms with van der Waals surface area (Å²) in [7, 11) is -3.73. The molecule has 0 aliphatic carbocycles. The van der Waals surface area contributed by atoms with Crippen LogP contribution >= 0.6 is 22.9 Å². The molecule has 2 rings (SSSR count). The maximum absolute atomic E-state index is 12.3. The molecule has 3 N–H and O–H groups in total. The van der Waals surface area contributed by atoms with Crippen LogP contribution in [0.1, 0.15) is 11.8 Å². The standard InChI is InChI=1S/C13H15ClN2O2S2/c1-9(8-10-4-3-7-19-10)16-20(17,18)13-11(14)5-2-6-12(13)15/h2-7,9,16H,8,15H2,1H3. The molecule has 1 atom stereocenters. The molecule has 0 saturated heterocycles. The van der Waals surface area contributed by atoms with Crippen LogP contribution in [0.15, 0.2) is 40.6 Å². The molecule has 108 valence electrons. The molecule has 0 spiro atoms. The van der Waals surface area contributed by atoms with Gasteiger partial charge in [-0.05, 0) is 36.9 Å². The number of hydrogen-bond acceptors (Lipinski definition) is 4. The zero-order chi connectivity index (χ0) is 14.8. The highest BCUT2D eigenvalue weighted by atomic mass is 35.5. The summed E-state index contributed by atoms with van der Waals surface area (Å²) in [6.45, 7) is 1.81. The predicted octanol–water partition coefficient (Wildman–Crippen LogP) is 2.89. The van der Waals surface area contributed by atoms with Gasteiger partial charge in [-0.2, -0.15) is 0 Å². The monoisotopic (exact) mass is 330 g/mol. The Morgan fingerprint density at radius 3 is 2.70 bits per heavy atom. The van der Waals surface area contributed by atoms with Crippen LogP contribution < -0.4 is 10.5 Å². The molecule has 1 aromatic carbocycles. The van der Waals surface area contributed by atoms with E-state index in [1.807, 2.05) is 24.4 Å². The van der Waals surface area contributed by atoms with Crippen molar-refractivity contribution < 1.29 is 8.42 Å². The Morgan fingerprint density at radius 2 is 2.10 bits per heavy atom. The van der Waals surface area contributed by atoms with Crippen LogP contribution in [0.25, 0.3) is 0 Å². The molecular weight excluding hydrogens is 316 g/mol. The second-order valence-electron chi connectivity index (χ2n) is 4.46. The van der Waals surface area contributed by atoms with Crippen LogP contribution in [0, 0.1) is 0 Å². The Kier molecular flexibility index (Phi) is 4.70. The molecule has 0 aliphatic rings. The molecule has 1 heterocycles. The van der Waals surface area contributed by atoms with Crippen molar-refractivity contribution in [1.29, 1.82) is 0 Å². The molecule has 0 radical (unpaired) electrons. The first-order chi connectivity index (χ1) is 9.40. The summed E-state index contributed by atoms with van der Waals surface area (Å²) in [6.07, 6.45) is 0.626. The predicted molar refractivity (Wildman–Crippen MR) is 83.7 cm³/mol. The number of nitrogen functional groups attached to an aromatic ring is 1. The normalized spacial score (nSPS) is 13.3. The van der Waals surface area contributed by atoms with Crippen molar-refractivity contribution in [3.63, 3.8) is 0 Å². The number of rotatable bonds is 5. The smallest absolute Gasteiger partial charge is 0.244 e. The zero-order valence-electron chi connectivity index (χ0n) is 10.8. The van der Waals surface area contributed by atoms with Gasteiger partial charge in [-0.1, -0.05) is 23.7 Å². The van der Waals surface area contributed by atoms with Gasteiger partial charge >= 0.3 is 0 Å². The minimum Gasteiger partial charge on any atom is -0.398 e. The quantitative estimate of drug-likeness (QED) is 0.828. The molecule has 0 amide bonds. The van der Waals surface area contributed by atoms with Gasteiger partial charge in [0.1, 0.15) is 4.90 Å². The van der Waals surface area contributed by atoms with E-state index in [2.05, 4.69) is 4.72 Å². The van der Waals surface area contributed by atoms with Gasteiger partial charge in [0.15, 0.2) is 0 Å². The highest BCUT2D eigenvalue weighted by molar-refractivity contribution is 7.89. The van der Waals surface area contributed by atoms with Crippen molar-refractivity contribution in [1.82, 2.24) is 4.72 Å². The molecule has 0 fully saturated rings. The van der Waals surface area contributed by atoms with E-state index in [1.165, 1.54) is 12.1 Å². The van der Waals surface area contributed by atoms with Gasteiger partial charge in [0, 0.05) is 10.9 Å². The summed E-state index contributed by atoms with van der Waals surface area (Å²) in [4.78, 5) is 1.06. The van der Waals surface area contributed by atoms with Crippen LogP contribution in [-0.2, 0) is 16.4 Å². The molecule has 0 bridgehead atoms. The lowest BCUT2D eigenvalue weighted by atomic mass is 10.2. The first-order valence-corrected chi connectivity index (χ1v) is 8.73.